The molecule has 4 atom stereocenters. The average Bonchev–Trinajstić information content (AvgIpc) is 3.23. The molecule has 3 N–H and O–H groups in total. The molecule has 1 aliphatic carbocycles. The zero-order chi connectivity index (χ0) is 22.3. The van der Waals surface area contributed by atoms with E-state index < -0.39 is 5.60 Å². The van der Waals surface area contributed by atoms with Crippen molar-refractivity contribution >= 4 is 11.6 Å². The van der Waals surface area contributed by atoms with E-state index in [2.05, 4.69) is 30.4 Å². The number of benzene rings is 2. The van der Waals surface area contributed by atoms with Gasteiger partial charge in [-0.1, -0.05) is 30.5 Å². The van der Waals surface area contributed by atoms with Crippen LogP contribution in [0.4, 0.5) is 5.69 Å². The predicted octanol–water partition coefficient (Wildman–Crippen LogP) is 2.92. The summed E-state index contributed by atoms with van der Waals surface area (Å²) in [5.41, 5.74) is 3.59. The standard InChI is InChI=1S/C26H32N2O4/c1-17-6-8-21(18(2)13-17)27-24(29)15-28-12-11-26(30)10-4-3-5-20(26)25(28)19-7-9-22-23(14-19)32-16-31-22/h6-9,13-14,20,25,30H,3-5,10-12,15-16H2,1-2H3,(H,27,29)/p+1/t20-,25+,26+/m1/s1. The summed E-state index contributed by atoms with van der Waals surface area (Å²) in [7, 11) is 0. The Morgan fingerprint density at radius 2 is 1.97 bits per heavy atom. The van der Waals surface area contributed by atoms with Crippen LogP contribution in [0.5, 0.6) is 11.5 Å². The molecule has 1 saturated heterocycles. The Hall–Kier alpha value is -2.57. The average molecular weight is 438 g/mol. The van der Waals surface area contributed by atoms with E-state index in [1.807, 2.05) is 25.1 Å². The molecule has 1 saturated carbocycles. The smallest absolute Gasteiger partial charge is 0.279 e. The molecule has 2 aromatic carbocycles. The summed E-state index contributed by atoms with van der Waals surface area (Å²) in [6.45, 7) is 5.46. The van der Waals surface area contributed by atoms with Crippen LogP contribution in [0.2, 0.25) is 0 Å². The number of hydrogen-bond donors (Lipinski definition) is 3. The van der Waals surface area contributed by atoms with Crippen molar-refractivity contribution in [2.24, 2.45) is 5.92 Å². The van der Waals surface area contributed by atoms with Gasteiger partial charge in [0, 0.05) is 23.6 Å². The summed E-state index contributed by atoms with van der Waals surface area (Å²) in [5, 5.41) is 14.6. The van der Waals surface area contributed by atoms with Crippen molar-refractivity contribution in [1.29, 1.82) is 0 Å². The summed E-state index contributed by atoms with van der Waals surface area (Å²) < 4.78 is 11.1. The lowest BCUT2D eigenvalue weighted by atomic mass is 9.66. The number of likely N-dealkylation sites (tertiary alicyclic amines) is 1. The minimum atomic E-state index is -0.646. The molecule has 0 radical (unpaired) electrons. The van der Waals surface area contributed by atoms with Gasteiger partial charge in [-0.25, -0.2) is 0 Å². The van der Waals surface area contributed by atoms with Crippen molar-refractivity contribution in [3.63, 3.8) is 0 Å². The van der Waals surface area contributed by atoms with E-state index >= 15 is 0 Å². The zero-order valence-electron chi connectivity index (χ0n) is 18.9. The Bertz CT molecular complexity index is 1020. The lowest BCUT2D eigenvalue weighted by Crippen LogP contribution is -3.16. The largest absolute Gasteiger partial charge is 0.454 e. The second-order valence-electron chi connectivity index (χ2n) is 9.75. The van der Waals surface area contributed by atoms with E-state index in [0.29, 0.717) is 6.54 Å². The maximum atomic E-state index is 13.1. The third-order valence-corrected chi connectivity index (χ3v) is 7.59. The van der Waals surface area contributed by atoms with Crippen molar-refractivity contribution < 1.29 is 24.3 Å². The molecule has 0 bridgehead atoms. The number of quaternary nitrogens is 1. The van der Waals surface area contributed by atoms with Gasteiger partial charge in [-0.2, -0.15) is 0 Å². The van der Waals surface area contributed by atoms with Crippen molar-refractivity contribution in [3.8, 4) is 11.5 Å². The molecule has 2 aromatic rings. The van der Waals surface area contributed by atoms with Gasteiger partial charge in [0.15, 0.2) is 18.0 Å². The van der Waals surface area contributed by atoms with Crippen molar-refractivity contribution in [2.75, 3.05) is 25.2 Å². The van der Waals surface area contributed by atoms with Gasteiger partial charge in [-0.3, -0.25) is 4.79 Å². The number of amides is 1. The summed E-state index contributed by atoms with van der Waals surface area (Å²) in [4.78, 5) is 14.3. The topological polar surface area (TPSA) is 72.2 Å². The van der Waals surface area contributed by atoms with Crippen molar-refractivity contribution in [2.45, 2.75) is 57.6 Å². The lowest BCUT2D eigenvalue weighted by Gasteiger charge is -2.50. The van der Waals surface area contributed by atoms with Crippen LogP contribution in [-0.4, -0.2) is 36.5 Å². The summed E-state index contributed by atoms with van der Waals surface area (Å²) >= 11 is 0. The quantitative estimate of drug-likeness (QED) is 0.688. The maximum absolute atomic E-state index is 13.1. The Balaban J connectivity index is 1.41. The third kappa shape index (κ3) is 3.97. The first-order valence-electron chi connectivity index (χ1n) is 11.8. The van der Waals surface area contributed by atoms with E-state index in [1.54, 1.807) is 0 Å². The molecule has 2 aliphatic heterocycles. The first-order valence-corrected chi connectivity index (χ1v) is 11.8. The van der Waals surface area contributed by atoms with Crippen LogP contribution in [-0.2, 0) is 4.79 Å². The van der Waals surface area contributed by atoms with Gasteiger partial charge in [-0.05, 0) is 56.5 Å². The van der Waals surface area contributed by atoms with Crippen LogP contribution < -0.4 is 19.7 Å². The lowest BCUT2D eigenvalue weighted by molar-refractivity contribution is -0.937. The Labute approximate surface area is 189 Å². The highest BCUT2D eigenvalue weighted by molar-refractivity contribution is 5.92. The van der Waals surface area contributed by atoms with Gasteiger partial charge in [0.05, 0.1) is 12.1 Å². The van der Waals surface area contributed by atoms with E-state index in [9.17, 15) is 9.90 Å². The molecular weight excluding hydrogens is 404 g/mol. The highest BCUT2D eigenvalue weighted by Crippen LogP contribution is 2.45. The predicted molar refractivity (Wildman–Crippen MR) is 122 cm³/mol. The minimum Gasteiger partial charge on any atom is -0.454 e. The van der Waals surface area contributed by atoms with Gasteiger partial charge in [0.25, 0.3) is 5.91 Å². The molecule has 170 valence electrons. The molecule has 1 unspecified atom stereocenters. The van der Waals surface area contributed by atoms with Gasteiger partial charge in [-0.15, -0.1) is 0 Å². The number of rotatable bonds is 4. The SMILES string of the molecule is Cc1ccc(NC(=O)C[NH+]2CC[C@@]3(O)CCCC[C@@H]3[C@@H]2c2ccc3c(c2)OCO3)c(C)c1. The summed E-state index contributed by atoms with van der Waals surface area (Å²) in [5.74, 6) is 1.66. The maximum Gasteiger partial charge on any atom is 0.279 e. The van der Waals surface area contributed by atoms with Crippen LogP contribution in [0.15, 0.2) is 36.4 Å². The number of carbonyl (C=O) groups excluding carboxylic acids is 1. The molecule has 0 aromatic heterocycles. The van der Waals surface area contributed by atoms with Crippen LogP contribution in [0.1, 0.15) is 54.8 Å². The van der Waals surface area contributed by atoms with E-state index in [1.165, 1.54) is 10.5 Å². The normalized spacial score (nSPS) is 28.8. The van der Waals surface area contributed by atoms with E-state index in [0.717, 1.165) is 67.0 Å². The fourth-order valence-corrected chi connectivity index (χ4v) is 5.98. The second-order valence-corrected chi connectivity index (χ2v) is 9.75. The number of piperidine rings is 1. The number of aryl methyl sites for hydroxylation is 2. The highest BCUT2D eigenvalue weighted by atomic mass is 16.7. The molecule has 3 aliphatic rings. The van der Waals surface area contributed by atoms with Crippen LogP contribution in [0.25, 0.3) is 0 Å². The molecule has 1 amide bonds. The number of carbonyl (C=O) groups is 1. The van der Waals surface area contributed by atoms with Crippen LogP contribution in [0, 0.1) is 19.8 Å². The first kappa shape index (κ1) is 21.3. The third-order valence-electron chi connectivity index (χ3n) is 7.59. The van der Waals surface area contributed by atoms with E-state index in [-0.39, 0.29) is 24.7 Å². The molecule has 6 heteroatoms. The second kappa shape index (κ2) is 8.41. The Morgan fingerprint density at radius 1 is 1.12 bits per heavy atom. The number of hydrogen-bond acceptors (Lipinski definition) is 4. The van der Waals surface area contributed by atoms with Crippen LogP contribution >= 0.6 is 0 Å². The molecular formula is C26H33N2O4+. The van der Waals surface area contributed by atoms with Gasteiger partial charge in [0.1, 0.15) is 6.04 Å². The Morgan fingerprint density at radius 3 is 2.81 bits per heavy atom. The highest BCUT2D eigenvalue weighted by Gasteiger charge is 2.52. The molecule has 0 spiro atoms. The monoisotopic (exact) mass is 437 g/mol. The number of fused-ring (bicyclic) bond motifs is 2. The molecule has 5 rings (SSSR count). The van der Waals surface area contributed by atoms with Gasteiger partial charge < -0.3 is 24.8 Å². The van der Waals surface area contributed by atoms with Crippen molar-refractivity contribution in [1.82, 2.24) is 0 Å². The summed E-state index contributed by atoms with van der Waals surface area (Å²) in [6, 6.07) is 12.2. The van der Waals surface area contributed by atoms with Gasteiger partial charge >= 0.3 is 0 Å². The number of anilines is 1. The summed E-state index contributed by atoms with van der Waals surface area (Å²) in [6.07, 6.45) is 4.77. The molecule has 2 fully saturated rings. The fourth-order valence-electron chi connectivity index (χ4n) is 5.98. The number of ether oxygens (including phenoxy) is 2. The fraction of sp³-hybridized carbons (Fsp3) is 0.500. The van der Waals surface area contributed by atoms with Crippen LogP contribution in [0.3, 0.4) is 0 Å². The minimum absolute atomic E-state index is 0.0129. The molecule has 32 heavy (non-hydrogen) atoms. The first-order chi connectivity index (χ1) is 15.4. The van der Waals surface area contributed by atoms with Crippen molar-refractivity contribution in [3.05, 3.63) is 53.1 Å². The molecule has 2 heterocycles. The van der Waals surface area contributed by atoms with E-state index in [4.69, 9.17) is 9.47 Å². The zero-order valence-corrected chi connectivity index (χ0v) is 18.9. The number of aliphatic hydroxyl groups is 1. The molecule has 6 nitrogen and oxygen atoms in total. The number of nitrogens with one attached hydrogen (secondary N) is 2. The Kier molecular flexibility index (Phi) is 5.59. The van der Waals surface area contributed by atoms with Gasteiger partial charge in [0.2, 0.25) is 6.79 Å².